The lowest BCUT2D eigenvalue weighted by atomic mass is 9.70. The molecule has 1 spiro atoms. The van der Waals surface area contributed by atoms with Crippen molar-refractivity contribution in [3.05, 3.63) is 216 Å². The van der Waals surface area contributed by atoms with E-state index in [1.165, 1.54) is 70.4 Å². The lowest BCUT2D eigenvalue weighted by Gasteiger charge is -2.30. The Hall–Kier alpha value is -6.94. The van der Waals surface area contributed by atoms with Crippen LogP contribution in [0.3, 0.4) is 0 Å². The molecule has 56 heavy (non-hydrogen) atoms. The van der Waals surface area contributed by atoms with E-state index in [-0.39, 0.29) is 5.41 Å². The minimum Gasteiger partial charge on any atom is -0.228 e. The molecule has 0 saturated heterocycles. The first kappa shape index (κ1) is 31.4. The SMILES string of the molecule is c1ccc(-c2cc(-c3ccc(-c4cccc5c4-c4ccccc4C54c5ccccc5-c5sc6ccccc6c54)cc3)nc(-c3cccc4ccccc34)n2)cc1. The molecule has 1 unspecified atom stereocenters. The molecule has 0 radical (unpaired) electrons. The van der Waals surface area contributed by atoms with Crippen LogP contribution in [0.15, 0.2) is 194 Å². The highest BCUT2D eigenvalue weighted by molar-refractivity contribution is 7.22. The van der Waals surface area contributed by atoms with Crippen LogP contribution in [0.1, 0.15) is 22.3 Å². The van der Waals surface area contributed by atoms with Crippen molar-refractivity contribution >= 4 is 32.2 Å². The zero-order valence-electron chi connectivity index (χ0n) is 30.3. The lowest BCUT2D eigenvalue weighted by molar-refractivity contribution is 0.803. The third kappa shape index (κ3) is 4.38. The van der Waals surface area contributed by atoms with Crippen molar-refractivity contribution in [3.63, 3.8) is 0 Å². The van der Waals surface area contributed by atoms with Crippen LogP contribution >= 0.6 is 11.3 Å². The Bertz CT molecular complexity index is 3190. The number of fused-ring (bicyclic) bond motifs is 13. The molecule has 0 amide bonds. The van der Waals surface area contributed by atoms with E-state index in [2.05, 4.69) is 188 Å². The summed E-state index contributed by atoms with van der Waals surface area (Å²) in [5.74, 6) is 0.724. The van der Waals surface area contributed by atoms with E-state index in [0.717, 1.165) is 39.3 Å². The second-order valence-electron chi connectivity index (χ2n) is 14.8. The Morgan fingerprint density at radius 3 is 1.77 bits per heavy atom. The lowest BCUT2D eigenvalue weighted by Crippen LogP contribution is -2.25. The number of benzene rings is 8. The maximum Gasteiger partial charge on any atom is 0.161 e. The van der Waals surface area contributed by atoms with Gasteiger partial charge in [0.2, 0.25) is 0 Å². The van der Waals surface area contributed by atoms with Crippen LogP contribution in [0.5, 0.6) is 0 Å². The highest BCUT2D eigenvalue weighted by Crippen LogP contribution is 2.66. The van der Waals surface area contributed by atoms with Crippen LogP contribution in [0, 0.1) is 0 Å². The molecule has 2 aromatic heterocycles. The molecular formula is C53H32N2S. The van der Waals surface area contributed by atoms with Crippen molar-refractivity contribution in [2.75, 3.05) is 0 Å². The fourth-order valence-corrected chi connectivity index (χ4v) is 10.9. The first-order chi connectivity index (χ1) is 27.8. The van der Waals surface area contributed by atoms with Gasteiger partial charge in [-0.25, -0.2) is 9.97 Å². The van der Waals surface area contributed by atoms with Gasteiger partial charge in [0.15, 0.2) is 5.82 Å². The summed E-state index contributed by atoms with van der Waals surface area (Å²) in [5.41, 5.74) is 16.5. The van der Waals surface area contributed by atoms with Gasteiger partial charge in [-0.15, -0.1) is 11.3 Å². The van der Waals surface area contributed by atoms with Crippen LogP contribution in [0.2, 0.25) is 0 Å². The Labute approximate surface area is 329 Å². The van der Waals surface area contributed by atoms with E-state index in [9.17, 15) is 0 Å². The van der Waals surface area contributed by atoms with Crippen LogP contribution < -0.4 is 0 Å². The minimum absolute atomic E-state index is 0.389. The van der Waals surface area contributed by atoms with Crippen molar-refractivity contribution in [1.29, 1.82) is 0 Å². The number of rotatable bonds is 4. The highest BCUT2D eigenvalue weighted by atomic mass is 32.1. The van der Waals surface area contributed by atoms with Gasteiger partial charge in [0.25, 0.3) is 0 Å². The molecule has 1 atom stereocenters. The molecule has 8 aromatic carbocycles. The summed E-state index contributed by atoms with van der Waals surface area (Å²) in [6.45, 7) is 0. The van der Waals surface area contributed by atoms with E-state index >= 15 is 0 Å². The molecule has 0 aliphatic heterocycles. The molecule has 3 heteroatoms. The van der Waals surface area contributed by atoms with Crippen molar-refractivity contribution in [2.24, 2.45) is 0 Å². The predicted molar refractivity (Wildman–Crippen MR) is 233 cm³/mol. The van der Waals surface area contributed by atoms with Gasteiger partial charge in [0.1, 0.15) is 0 Å². The van der Waals surface area contributed by atoms with Gasteiger partial charge in [-0.05, 0) is 78.4 Å². The van der Waals surface area contributed by atoms with Crippen molar-refractivity contribution in [3.8, 4) is 66.6 Å². The highest BCUT2D eigenvalue weighted by Gasteiger charge is 2.53. The third-order valence-corrected chi connectivity index (χ3v) is 13.1. The van der Waals surface area contributed by atoms with Gasteiger partial charge in [-0.2, -0.15) is 0 Å². The standard InChI is InChI=1S/C53H32N2S/c1-2-15-35(16-3-1)46-32-47(55-52(54-46)39-23-12-17-33-14-4-5-18-37(33)39)36-30-28-34(29-31-36)38-22-13-26-45-49(38)40-19-6-9-24-43(40)53(45)44-25-10-7-20-41(44)51-50(53)42-21-8-11-27-48(42)56-51/h1-32H. The van der Waals surface area contributed by atoms with Crippen LogP contribution in [0.25, 0.3) is 87.5 Å². The predicted octanol–water partition coefficient (Wildman–Crippen LogP) is 13.9. The Morgan fingerprint density at radius 1 is 0.393 bits per heavy atom. The monoisotopic (exact) mass is 728 g/mol. The van der Waals surface area contributed by atoms with Crippen LogP contribution in [0.4, 0.5) is 0 Å². The molecule has 10 aromatic rings. The summed E-state index contributed by atoms with van der Waals surface area (Å²) in [6, 6.07) is 70.5. The molecule has 260 valence electrons. The number of hydrogen-bond acceptors (Lipinski definition) is 3. The fourth-order valence-electron chi connectivity index (χ4n) is 9.59. The third-order valence-electron chi connectivity index (χ3n) is 11.9. The molecule has 2 heterocycles. The van der Waals surface area contributed by atoms with E-state index < -0.39 is 0 Å². The largest absolute Gasteiger partial charge is 0.228 e. The summed E-state index contributed by atoms with van der Waals surface area (Å²) in [6.07, 6.45) is 0. The molecule has 0 fully saturated rings. The molecule has 2 aliphatic rings. The van der Waals surface area contributed by atoms with Gasteiger partial charge >= 0.3 is 0 Å². The molecule has 2 nitrogen and oxygen atoms in total. The van der Waals surface area contributed by atoms with Gasteiger partial charge in [-0.3, -0.25) is 0 Å². The number of nitrogens with zero attached hydrogens (tertiary/aromatic N) is 2. The first-order valence-electron chi connectivity index (χ1n) is 19.2. The molecule has 0 N–H and O–H groups in total. The zero-order chi connectivity index (χ0) is 36.8. The fraction of sp³-hybridized carbons (Fsp3) is 0.0189. The molecular weight excluding hydrogens is 697 g/mol. The maximum atomic E-state index is 5.24. The van der Waals surface area contributed by atoms with Crippen LogP contribution in [-0.4, -0.2) is 9.97 Å². The van der Waals surface area contributed by atoms with Crippen molar-refractivity contribution < 1.29 is 0 Å². The van der Waals surface area contributed by atoms with Crippen molar-refractivity contribution in [1.82, 2.24) is 9.97 Å². The van der Waals surface area contributed by atoms with Crippen LogP contribution in [-0.2, 0) is 5.41 Å². The zero-order valence-corrected chi connectivity index (χ0v) is 31.1. The number of aromatic nitrogens is 2. The second kappa shape index (κ2) is 12.0. The molecule has 2 aliphatic carbocycles. The summed E-state index contributed by atoms with van der Waals surface area (Å²) in [7, 11) is 0. The number of hydrogen-bond donors (Lipinski definition) is 0. The number of thiophene rings is 1. The molecule has 0 bridgehead atoms. The Balaban J connectivity index is 1.03. The van der Waals surface area contributed by atoms with Gasteiger partial charge in [-0.1, -0.05) is 182 Å². The van der Waals surface area contributed by atoms with E-state index in [4.69, 9.17) is 9.97 Å². The summed E-state index contributed by atoms with van der Waals surface area (Å²) < 4.78 is 1.34. The van der Waals surface area contributed by atoms with E-state index in [1.54, 1.807) is 0 Å². The second-order valence-corrected chi connectivity index (χ2v) is 15.9. The molecule has 0 saturated carbocycles. The van der Waals surface area contributed by atoms with Gasteiger partial charge in [0, 0.05) is 26.3 Å². The normalized spacial score (nSPS) is 14.9. The summed E-state index contributed by atoms with van der Waals surface area (Å²) in [5, 5.41) is 3.67. The average molecular weight is 729 g/mol. The summed E-state index contributed by atoms with van der Waals surface area (Å²) >= 11 is 1.93. The van der Waals surface area contributed by atoms with E-state index in [0.29, 0.717) is 0 Å². The first-order valence-corrected chi connectivity index (χ1v) is 20.0. The smallest absolute Gasteiger partial charge is 0.161 e. The van der Waals surface area contributed by atoms with E-state index in [1.807, 2.05) is 17.4 Å². The summed E-state index contributed by atoms with van der Waals surface area (Å²) in [4.78, 5) is 11.8. The molecule has 12 rings (SSSR count). The maximum absolute atomic E-state index is 5.24. The van der Waals surface area contributed by atoms with Gasteiger partial charge < -0.3 is 0 Å². The topological polar surface area (TPSA) is 25.8 Å². The quantitative estimate of drug-likeness (QED) is 0.180. The minimum atomic E-state index is -0.389. The Kier molecular flexibility index (Phi) is 6.75. The Morgan fingerprint density at radius 2 is 0.946 bits per heavy atom. The van der Waals surface area contributed by atoms with Crippen molar-refractivity contribution in [2.45, 2.75) is 5.41 Å². The van der Waals surface area contributed by atoms with Gasteiger partial charge in [0.05, 0.1) is 16.8 Å². The average Bonchev–Trinajstić information content (AvgIpc) is 3.90.